The molecule has 0 spiro atoms. The first-order valence-corrected chi connectivity index (χ1v) is 6.24. The number of hydrogen-bond donors (Lipinski definition) is 0. The molecule has 100 valence electrons. The Morgan fingerprint density at radius 2 is 1.95 bits per heavy atom. The topological polar surface area (TPSA) is 55.8 Å². The number of hydrogen-bond acceptors (Lipinski definition) is 4. The van der Waals surface area contributed by atoms with Crippen molar-refractivity contribution in [1.29, 1.82) is 5.39 Å². The number of rotatable bonds is 3. The Morgan fingerprint density at radius 3 is 2.70 bits per heavy atom. The van der Waals surface area contributed by atoms with Gasteiger partial charge in [-0.05, 0) is 12.5 Å². The molecule has 5 nitrogen and oxygen atoms in total. The fourth-order valence-corrected chi connectivity index (χ4v) is 2.12. The molecule has 0 aromatic heterocycles. The lowest BCUT2D eigenvalue weighted by Gasteiger charge is -2.09. The minimum Gasteiger partial charge on any atom is -0.488 e. The summed E-state index contributed by atoms with van der Waals surface area (Å²) in [6.07, 6.45) is 0. The van der Waals surface area contributed by atoms with Crippen LogP contribution >= 0.6 is 0 Å². The molecule has 1 aliphatic heterocycles. The summed E-state index contributed by atoms with van der Waals surface area (Å²) >= 11 is 0. The van der Waals surface area contributed by atoms with E-state index in [4.69, 9.17) is 19.6 Å². The molecule has 3 rings (SSSR count). The molecule has 0 unspecified atom stereocenters. The lowest BCUT2D eigenvalue weighted by molar-refractivity contribution is 0.173. The summed E-state index contributed by atoms with van der Waals surface area (Å²) in [6.45, 7) is 2.45. The zero-order chi connectivity index (χ0) is 13.9. The zero-order valence-electron chi connectivity index (χ0n) is 11.0. The first-order valence-electron chi connectivity index (χ1n) is 6.24. The van der Waals surface area contributed by atoms with Gasteiger partial charge in [-0.2, -0.15) is 0 Å². The summed E-state index contributed by atoms with van der Waals surface area (Å²) in [6, 6.07) is 11.5. The molecule has 0 saturated carbocycles. The van der Waals surface area contributed by atoms with E-state index < -0.39 is 0 Å². The molecule has 0 saturated heterocycles. The average Bonchev–Trinajstić information content (AvgIpc) is 2.98. The molecule has 0 N–H and O–H groups in total. The van der Waals surface area contributed by atoms with Crippen LogP contribution in [0.1, 0.15) is 11.1 Å². The Labute approximate surface area is 116 Å². The highest BCUT2D eigenvalue weighted by Crippen LogP contribution is 2.47. The van der Waals surface area contributed by atoms with Crippen molar-refractivity contribution < 1.29 is 14.2 Å². The van der Waals surface area contributed by atoms with Gasteiger partial charge in [-0.15, -0.1) is 0 Å². The van der Waals surface area contributed by atoms with Gasteiger partial charge in [0.1, 0.15) is 12.4 Å². The molecule has 0 amide bonds. The van der Waals surface area contributed by atoms with Gasteiger partial charge in [-0.3, -0.25) is 0 Å². The van der Waals surface area contributed by atoms with Gasteiger partial charge in [0, 0.05) is 5.56 Å². The van der Waals surface area contributed by atoms with Gasteiger partial charge < -0.3 is 14.2 Å². The Kier molecular flexibility index (Phi) is 3.13. The second-order valence-corrected chi connectivity index (χ2v) is 4.46. The van der Waals surface area contributed by atoms with Crippen molar-refractivity contribution in [2.24, 2.45) is 0 Å². The maximum Gasteiger partial charge on any atom is 0.434 e. The number of benzene rings is 2. The molecule has 2 aromatic carbocycles. The zero-order valence-corrected chi connectivity index (χ0v) is 11.0. The van der Waals surface area contributed by atoms with Crippen molar-refractivity contribution in [3.63, 3.8) is 0 Å². The van der Waals surface area contributed by atoms with Crippen LogP contribution in [0.15, 0.2) is 36.4 Å². The van der Waals surface area contributed by atoms with Crippen molar-refractivity contribution in [1.82, 2.24) is 0 Å². The summed E-state index contributed by atoms with van der Waals surface area (Å²) in [5, 5.41) is 9.04. The van der Waals surface area contributed by atoms with Crippen molar-refractivity contribution >= 4 is 5.69 Å². The molecule has 0 radical (unpaired) electrons. The van der Waals surface area contributed by atoms with Crippen molar-refractivity contribution in [3.05, 3.63) is 52.5 Å². The molecule has 1 heterocycles. The highest BCUT2D eigenvalue weighted by atomic mass is 16.7. The summed E-state index contributed by atoms with van der Waals surface area (Å²) in [4.78, 5) is 3.21. The van der Waals surface area contributed by atoms with Crippen LogP contribution in [-0.4, -0.2) is 6.79 Å². The fourth-order valence-electron chi connectivity index (χ4n) is 2.12. The maximum atomic E-state index is 9.04. The van der Waals surface area contributed by atoms with E-state index in [2.05, 4.69) is 4.98 Å². The third-order valence-electron chi connectivity index (χ3n) is 3.17. The van der Waals surface area contributed by atoms with E-state index in [9.17, 15) is 0 Å². The van der Waals surface area contributed by atoms with Crippen LogP contribution < -0.4 is 14.2 Å². The smallest absolute Gasteiger partial charge is 0.434 e. The highest BCUT2D eigenvalue weighted by molar-refractivity contribution is 5.71. The first-order chi connectivity index (χ1) is 9.79. The summed E-state index contributed by atoms with van der Waals surface area (Å²) in [7, 11) is 0. The van der Waals surface area contributed by atoms with Crippen LogP contribution in [0.2, 0.25) is 0 Å². The first kappa shape index (κ1) is 12.3. The molecule has 1 aliphatic rings. The summed E-state index contributed by atoms with van der Waals surface area (Å²) < 4.78 is 16.5. The Morgan fingerprint density at radius 1 is 1.20 bits per heavy atom. The van der Waals surface area contributed by atoms with Crippen LogP contribution in [0.4, 0.5) is 5.69 Å². The van der Waals surface area contributed by atoms with E-state index in [0.717, 1.165) is 11.1 Å². The quantitative estimate of drug-likeness (QED) is 0.795. The van der Waals surface area contributed by atoms with E-state index >= 15 is 0 Å². The third kappa shape index (κ3) is 2.12. The van der Waals surface area contributed by atoms with Gasteiger partial charge in [0.2, 0.25) is 12.2 Å². The molecular weight excluding hydrogens is 256 g/mol. The normalized spacial score (nSPS) is 12.0. The van der Waals surface area contributed by atoms with Gasteiger partial charge in [-0.25, -0.2) is 0 Å². The highest BCUT2D eigenvalue weighted by Gasteiger charge is 2.31. The van der Waals surface area contributed by atoms with Crippen LogP contribution in [0.5, 0.6) is 17.2 Å². The third-order valence-corrected chi connectivity index (χ3v) is 3.17. The number of fused-ring (bicyclic) bond motifs is 1. The second-order valence-electron chi connectivity index (χ2n) is 4.46. The fraction of sp³-hybridized carbons (Fsp3) is 0.200. The molecule has 0 fully saturated rings. The van der Waals surface area contributed by atoms with Crippen LogP contribution in [0.3, 0.4) is 0 Å². The van der Waals surface area contributed by atoms with Gasteiger partial charge >= 0.3 is 5.69 Å². The molecule has 0 atom stereocenters. The Hall–Kier alpha value is -2.74. The molecule has 2 aromatic rings. The minimum absolute atomic E-state index is 0.126. The average molecular weight is 269 g/mol. The Balaban J connectivity index is 1.89. The van der Waals surface area contributed by atoms with Gasteiger partial charge in [0.05, 0.1) is 6.07 Å². The van der Waals surface area contributed by atoms with E-state index in [1.165, 1.54) is 0 Å². The van der Waals surface area contributed by atoms with Crippen molar-refractivity contribution in [2.45, 2.75) is 13.5 Å². The van der Waals surface area contributed by atoms with Crippen molar-refractivity contribution in [2.75, 3.05) is 6.79 Å². The molecule has 0 bridgehead atoms. The lowest BCUT2D eigenvalue weighted by atomic mass is 10.1. The van der Waals surface area contributed by atoms with E-state index in [-0.39, 0.29) is 6.79 Å². The van der Waals surface area contributed by atoms with E-state index in [1.807, 2.05) is 37.3 Å². The van der Waals surface area contributed by atoms with E-state index in [0.29, 0.717) is 29.5 Å². The minimum atomic E-state index is 0.126. The largest absolute Gasteiger partial charge is 0.488 e. The van der Waals surface area contributed by atoms with Crippen LogP contribution in [-0.2, 0) is 6.61 Å². The number of nitrogens with zero attached hydrogens (tertiary/aromatic N) is 2. The predicted molar refractivity (Wildman–Crippen MR) is 72.8 cm³/mol. The SMILES string of the molecule is Cc1c(OCc2ccccc2)cc([N+]#N)c2c1OCO2. The van der Waals surface area contributed by atoms with Gasteiger partial charge in [-0.1, -0.05) is 30.3 Å². The molecule has 20 heavy (non-hydrogen) atoms. The summed E-state index contributed by atoms with van der Waals surface area (Å²) in [5.41, 5.74) is 2.21. The van der Waals surface area contributed by atoms with Crippen molar-refractivity contribution in [3.8, 4) is 17.2 Å². The maximum absolute atomic E-state index is 9.04. The van der Waals surface area contributed by atoms with Crippen LogP contribution in [0, 0.1) is 12.3 Å². The standard InChI is InChI=1S/C15H13N2O3/c1-10-13(18-8-11-5-3-2-4-6-11)7-12(17-16)15-14(10)19-9-20-15/h2-7H,8-9H2,1H3/q+1. The second kappa shape index (κ2) is 5.10. The molecular formula is C15H13N2O3+. The summed E-state index contributed by atoms with van der Waals surface area (Å²) in [5.74, 6) is 1.64. The number of ether oxygens (including phenoxy) is 3. The monoisotopic (exact) mass is 269 g/mol. The number of diazo groups is 1. The van der Waals surface area contributed by atoms with Crippen LogP contribution in [0.25, 0.3) is 4.98 Å². The van der Waals surface area contributed by atoms with E-state index in [1.54, 1.807) is 6.07 Å². The van der Waals surface area contributed by atoms with Gasteiger partial charge in [0.15, 0.2) is 10.7 Å². The Bertz CT molecular complexity index is 678. The lowest BCUT2D eigenvalue weighted by Crippen LogP contribution is -1.97. The van der Waals surface area contributed by atoms with Gasteiger partial charge in [0.25, 0.3) is 5.75 Å². The molecule has 5 heteroatoms. The molecule has 0 aliphatic carbocycles. The predicted octanol–water partition coefficient (Wildman–Crippen LogP) is 3.79.